The fourth-order valence-corrected chi connectivity index (χ4v) is 4.02. The summed E-state index contributed by atoms with van der Waals surface area (Å²) in [6.07, 6.45) is 5.27. The Morgan fingerprint density at radius 3 is 2.83 bits per heavy atom. The standard InChI is InChI=1S/C19H28N2O2/c1-19(10-4-6-16-5-2-3-7-17(16)19)14-20-18(23)21-11-8-15(13-22)9-12-21/h2-3,5,7,15,22H,4,6,8-14H2,1H3,(H,20,23). The minimum absolute atomic E-state index is 0.0356. The monoisotopic (exact) mass is 316 g/mol. The maximum atomic E-state index is 12.4. The van der Waals surface area contributed by atoms with Crippen LogP contribution in [0.25, 0.3) is 0 Å². The Morgan fingerprint density at radius 2 is 2.09 bits per heavy atom. The van der Waals surface area contributed by atoms with Crippen LogP contribution in [0.4, 0.5) is 4.79 Å². The molecule has 126 valence electrons. The van der Waals surface area contributed by atoms with E-state index < -0.39 is 0 Å². The van der Waals surface area contributed by atoms with Crippen LogP contribution in [0.15, 0.2) is 24.3 Å². The lowest BCUT2D eigenvalue weighted by atomic mass is 9.71. The van der Waals surface area contributed by atoms with Crippen molar-refractivity contribution in [2.75, 3.05) is 26.2 Å². The molecule has 2 N–H and O–H groups in total. The molecule has 1 aromatic rings. The number of aryl methyl sites for hydroxylation is 1. The van der Waals surface area contributed by atoms with E-state index in [0.29, 0.717) is 12.5 Å². The van der Waals surface area contributed by atoms with Crippen molar-refractivity contribution >= 4 is 6.03 Å². The highest BCUT2D eigenvalue weighted by Crippen LogP contribution is 2.36. The van der Waals surface area contributed by atoms with Crippen LogP contribution < -0.4 is 5.32 Å². The minimum Gasteiger partial charge on any atom is -0.396 e. The average Bonchev–Trinajstić information content (AvgIpc) is 2.60. The van der Waals surface area contributed by atoms with Gasteiger partial charge in [-0.05, 0) is 49.1 Å². The van der Waals surface area contributed by atoms with Gasteiger partial charge in [-0.1, -0.05) is 31.2 Å². The summed E-state index contributed by atoms with van der Waals surface area (Å²) in [7, 11) is 0. The van der Waals surface area contributed by atoms with Gasteiger partial charge in [-0.15, -0.1) is 0 Å². The molecule has 0 saturated carbocycles. The fourth-order valence-electron chi connectivity index (χ4n) is 4.02. The Labute approximate surface area is 138 Å². The third-order valence-corrected chi connectivity index (χ3v) is 5.63. The molecule has 1 heterocycles. The molecule has 1 atom stereocenters. The average molecular weight is 316 g/mol. The highest BCUT2D eigenvalue weighted by molar-refractivity contribution is 5.74. The molecule has 1 aromatic carbocycles. The van der Waals surface area contributed by atoms with Gasteiger partial charge in [0.2, 0.25) is 0 Å². The number of amides is 2. The first-order valence-electron chi connectivity index (χ1n) is 8.84. The van der Waals surface area contributed by atoms with Crippen LogP contribution in [0.2, 0.25) is 0 Å². The molecule has 3 rings (SSSR count). The van der Waals surface area contributed by atoms with Gasteiger partial charge in [-0.2, -0.15) is 0 Å². The van der Waals surface area contributed by atoms with Crippen LogP contribution in [0.5, 0.6) is 0 Å². The molecule has 0 radical (unpaired) electrons. The van der Waals surface area contributed by atoms with E-state index in [2.05, 4.69) is 36.5 Å². The molecule has 2 aliphatic rings. The third-order valence-electron chi connectivity index (χ3n) is 5.63. The third kappa shape index (κ3) is 3.52. The van der Waals surface area contributed by atoms with Gasteiger partial charge in [0, 0.05) is 31.7 Å². The van der Waals surface area contributed by atoms with Crippen molar-refractivity contribution < 1.29 is 9.90 Å². The molecule has 4 heteroatoms. The fraction of sp³-hybridized carbons (Fsp3) is 0.632. The molecule has 1 unspecified atom stereocenters. The predicted molar refractivity (Wildman–Crippen MR) is 91.5 cm³/mol. The van der Waals surface area contributed by atoms with Gasteiger partial charge in [0.15, 0.2) is 0 Å². The summed E-state index contributed by atoms with van der Waals surface area (Å²) in [6, 6.07) is 8.69. The lowest BCUT2D eigenvalue weighted by Crippen LogP contribution is -2.49. The summed E-state index contributed by atoms with van der Waals surface area (Å²) in [4.78, 5) is 14.3. The van der Waals surface area contributed by atoms with E-state index in [4.69, 9.17) is 0 Å². The molecule has 1 aliphatic heterocycles. The second kappa shape index (κ2) is 6.91. The van der Waals surface area contributed by atoms with Crippen molar-refractivity contribution in [2.45, 2.75) is 44.4 Å². The topological polar surface area (TPSA) is 52.6 Å². The number of aliphatic hydroxyl groups is 1. The molecule has 23 heavy (non-hydrogen) atoms. The molecule has 1 aliphatic carbocycles. The first kappa shape index (κ1) is 16.3. The Bertz CT molecular complexity index is 552. The number of fused-ring (bicyclic) bond motifs is 1. The number of aliphatic hydroxyl groups excluding tert-OH is 1. The lowest BCUT2D eigenvalue weighted by molar-refractivity contribution is 0.136. The number of piperidine rings is 1. The lowest BCUT2D eigenvalue weighted by Gasteiger charge is -2.37. The zero-order chi connectivity index (χ0) is 16.3. The number of hydrogen-bond acceptors (Lipinski definition) is 2. The van der Waals surface area contributed by atoms with Gasteiger partial charge in [0.05, 0.1) is 0 Å². The van der Waals surface area contributed by atoms with E-state index in [1.54, 1.807) is 0 Å². The van der Waals surface area contributed by atoms with Crippen molar-refractivity contribution in [3.8, 4) is 0 Å². The van der Waals surface area contributed by atoms with Crippen LogP contribution in [-0.4, -0.2) is 42.3 Å². The van der Waals surface area contributed by atoms with E-state index in [1.807, 2.05) is 4.90 Å². The van der Waals surface area contributed by atoms with Crippen molar-refractivity contribution in [1.82, 2.24) is 10.2 Å². The minimum atomic E-state index is 0.0356. The number of nitrogens with zero attached hydrogens (tertiary/aromatic N) is 1. The van der Waals surface area contributed by atoms with E-state index >= 15 is 0 Å². The summed E-state index contributed by atoms with van der Waals surface area (Å²) >= 11 is 0. The number of benzene rings is 1. The van der Waals surface area contributed by atoms with Gasteiger partial charge < -0.3 is 15.3 Å². The van der Waals surface area contributed by atoms with Crippen LogP contribution in [0.1, 0.15) is 43.7 Å². The zero-order valence-electron chi connectivity index (χ0n) is 14.1. The Balaban J connectivity index is 1.59. The van der Waals surface area contributed by atoms with Crippen molar-refractivity contribution in [3.05, 3.63) is 35.4 Å². The Morgan fingerprint density at radius 1 is 1.35 bits per heavy atom. The van der Waals surface area contributed by atoms with E-state index in [-0.39, 0.29) is 18.1 Å². The van der Waals surface area contributed by atoms with Crippen LogP contribution >= 0.6 is 0 Å². The summed E-state index contributed by atoms with van der Waals surface area (Å²) in [6.45, 7) is 4.71. The normalized spacial score (nSPS) is 25.0. The van der Waals surface area contributed by atoms with Gasteiger partial charge in [0.1, 0.15) is 0 Å². The molecular formula is C19H28N2O2. The molecule has 0 spiro atoms. The summed E-state index contributed by atoms with van der Waals surface area (Å²) in [5.41, 5.74) is 2.86. The smallest absolute Gasteiger partial charge is 0.317 e. The maximum Gasteiger partial charge on any atom is 0.317 e. The first-order valence-corrected chi connectivity index (χ1v) is 8.84. The molecule has 2 amide bonds. The van der Waals surface area contributed by atoms with Crippen LogP contribution in [0, 0.1) is 5.92 Å². The highest BCUT2D eigenvalue weighted by Gasteiger charge is 2.32. The highest BCUT2D eigenvalue weighted by atomic mass is 16.3. The molecule has 0 bridgehead atoms. The van der Waals surface area contributed by atoms with Gasteiger partial charge in [-0.3, -0.25) is 0 Å². The van der Waals surface area contributed by atoms with Crippen molar-refractivity contribution in [1.29, 1.82) is 0 Å². The number of likely N-dealkylation sites (tertiary alicyclic amines) is 1. The molecule has 0 aromatic heterocycles. The second-order valence-electron chi connectivity index (χ2n) is 7.34. The summed E-state index contributed by atoms with van der Waals surface area (Å²) < 4.78 is 0. The van der Waals surface area contributed by atoms with Gasteiger partial charge in [0.25, 0.3) is 0 Å². The molecule has 1 fully saturated rings. The van der Waals surface area contributed by atoms with Crippen LogP contribution in [0.3, 0.4) is 0 Å². The zero-order valence-corrected chi connectivity index (χ0v) is 14.1. The first-order chi connectivity index (χ1) is 11.1. The van der Waals surface area contributed by atoms with E-state index in [1.165, 1.54) is 17.5 Å². The van der Waals surface area contributed by atoms with E-state index in [9.17, 15) is 9.90 Å². The largest absolute Gasteiger partial charge is 0.396 e. The predicted octanol–water partition coefficient (Wildman–Crippen LogP) is 2.69. The van der Waals surface area contributed by atoms with E-state index in [0.717, 1.165) is 38.8 Å². The Hall–Kier alpha value is -1.55. The van der Waals surface area contributed by atoms with Crippen molar-refractivity contribution in [3.63, 3.8) is 0 Å². The second-order valence-corrected chi connectivity index (χ2v) is 7.34. The summed E-state index contributed by atoms with van der Waals surface area (Å²) in [5.74, 6) is 0.363. The van der Waals surface area contributed by atoms with Crippen LogP contribution in [-0.2, 0) is 11.8 Å². The van der Waals surface area contributed by atoms with Gasteiger partial charge >= 0.3 is 6.03 Å². The Kier molecular flexibility index (Phi) is 4.90. The number of carbonyl (C=O) groups excluding carboxylic acids is 1. The van der Waals surface area contributed by atoms with Gasteiger partial charge in [-0.25, -0.2) is 4.79 Å². The quantitative estimate of drug-likeness (QED) is 0.901. The molecule has 4 nitrogen and oxygen atoms in total. The van der Waals surface area contributed by atoms with Crippen molar-refractivity contribution in [2.24, 2.45) is 5.92 Å². The number of nitrogens with one attached hydrogen (secondary N) is 1. The summed E-state index contributed by atoms with van der Waals surface area (Å²) in [5, 5.41) is 12.4. The molecule has 1 saturated heterocycles. The number of hydrogen-bond donors (Lipinski definition) is 2. The maximum absolute atomic E-state index is 12.4. The number of urea groups is 1. The number of carbonyl (C=O) groups is 1. The molecular weight excluding hydrogens is 288 g/mol. The number of rotatable bonds is 3. The SMILES string of the molecule is CC1(CNC(=O)N2CCC(CO)CC2)CCCc2ccccc21.